The Hall–Kier alpha value is -1.89. The molecule has 3 N–H and O–H groups in total. The highest BCUT2D eigenvalue weighted by Crippen LogP contribution is 2.17. The topological polar surface area (TPSA) is 70.2 Å². The van der Waals surface area contributed by atoms with Crippen molar-refractivity contribution in [3.8, 4) is 0 Å². The SMILES string of the molecule is Cl.O=C(Nc1ccc(NC(=O)C2CCCN2)cc1)c1cccs1. The number of halogens is 1. The maximum absolute atomic E-state index is 12.0. The fourth-order valence-corrected chi connectivity index (χ4v) is 2.99. The molecule has 0 spiro atoms. The lowest BCUT2D eigenvalue weighted by Gasteiger charge is -2.11. The lowest BCUT2D eigenvalue weighted by atomic mass is 10.2. The van der Waals surface area contributed by atoms with Gasteiger partial charge in [0.1, 0.15) is 0 Å². The highest BCUT2D eigenvalue weighted by molar-refractivity contribution is 7.12. The lowest BCUT2D eigenvalue weighted by molar-refractivity contribution is -0.117. The van der Waals surface area contributed by atoms with E-state index < -0.39 is 0 Å². The van der Waals surface area contributed by atoms with Crippen LogP contribution in [-0.2, 0) is 4.79 Å². The summed E-state index contributed by atoms with van der Waals surface area (Å²) in [5.74, 6) is -0.130. The quantitative estimate of drug-likeness (QED) is 0.792. The van der Waals surface area contributed by atoms with Crippen LogP contribution in [0.1, 0.15) is 22.5 Å². The van der Waals surface area contributed by atoms with Crippen molar-refractivity contribution >= 4 is 46.9 Å². The van der Waals surface area contributed by atoms with E-state index in [1.165, 1.54) is 11.3 Å². The standard InChI is InChI=1S/C16H17N3O2S.ClH/c20-15(13-3-1-9-17-13)18-11-5-7-12(8-6-11)19-16(21)14-4-2-10-22-14;/h2,4-8,10,13,17H,1,3,9H2,(H,18,20)(H,19,21);1H. The molecule has 1 aromatic heterocycles. The minimum Gasteiger partial charge on any atom is -0.325 e. The third-order valence-corrected chi connectivity index (χ3v) is 4.40. The fourth-order valence-electron chi connectivity index (χ4n) is 2.38. The second-order valence-electron chi connectivity index (χ2n) is 5.15. The van der Waals surface area contributed by atoms with Crippen molar-refractivity contribution in [2.24, 2.45) is 0 Å². The van der Waals surface area contributed by atoms with E-state index in [0.29, 0.717) is 10.6 Å². The van der Waals surface area contributed by atoms with Crippen LogP contribution in [0.5, 0.6) is 0 Å². The number of benzene rings is 1. The Morgan fingerprint density at radius 3 is 2.35 bits per heavy atom. The number of carbonyl (C=O) groups is 2. The van der Waals surface area contributed by atoms with Gasteiger partial charge in [0.05, 0.1) is 10.9 Å². The maximum Gasteiger partial charge on any atom is 0.265 e. The zero-order valence-corrected chi connectivity index (χ0v) is 14.0. The number of anilines is 2. The molecule has 1 aliphatic rings. The van der Waals surface area contributed by atoms with Gasteiger partial charge in [-0.25, -0.2) is 0 Å². The molecule has 23 heavy (non-hydrogen) atoms. The third kappa shape index (κ3) is 4.54. The molecule has 0 saturated carbocycles. The zero-order valence-electron chi connectivity index (χ0n) is 12.4. The third-order valence-electron chi connectivity index (χ3n) is 3.53. The number of rotatable bonds is 4. The van der Waals surface area contributed by atoms with Crippen molar-refractivity contribution in [2.75, 3.05) is 17.2 Å². The summed E-state index contributed by atoms with van der Waals surface area (Å²) in [7, 11) is 0. The molecule has 1 unspecified atom stereocenters. The predicted octanol–water partition coefficient (Wildman–Crippen LogP) is 3.11. The smallest absolute Gasteiger partial charge is 0.265 e. The van der Waals surface area contributed by atoms with Gasteiger partial charge in [0.25, 0.3) is 5.91 Å². The van der Waals surface area contributed by atoms with Crippen molar-refractivity contribution in [2.45, 2.75) is 18.9 Å². The first-order chi connectivity index (χ1) is 10.7. The van der Waals surface area contributed by atoms with Crippen LogP contribution < -0.4 is 16.0 Å². The van der Waals surface area contributed by atoms with E-state index in [-0.39, 0.29) is 30.3 Å². The molecule has 0 radical (unpaired) electrons. The highest BCUT2D eigenvalue weighted by Gasteiger charge is 2.21. The largest absolute Gasteiger partial charge is 0.325 e. The fraction of sp³-hybridized carbons (Fsp3) is 0.250. The van der Waals surface area contributed by atoms with E-state index in [1.54, 1.807) is 30.3 Å². The van der Waals surface area contributed by atoms with E-state index in [1.807, 2.05) is 11.4 Å². The molecule has 122 valence electrons. The van der Waals surface area contributed by atoms with Gasteiger partial charge >= 0.3 is 0 Å². The molecule has 0 bridgehead atoms. The molecule has 3 rings (SSSR count). The van der Waals surface area contributed by atoms with Crippen molar-refractivity contribution in [1.82, 2.24) is 5.32 Å². The van der Waals surface area contributed by atoms with E-state index in [0.717, 1.165) is 25.1 Å². The summed E-state index contributed by atoms with van der Waals surface area (Å²) in [5.41, 5.74) is 1.43. The average molecular weight is 352 g/mol. The number of carbonyl (C=O) groups excluding carboxylic acids is 2. The summed E-state index contributed by atoms with van der Waals surface area (Å²) in [4.78, 5) is 24.6. The minimum atomic E-state index is -0.123. The highest BCUT2D eigenvalue weighted by atomic mass is 35.5. The Morgan fingerprint density at radius 1 is 1.09 bits per heavy atom. The van der Waals surface area contributed by atoms with Crippen molar-refractivity contribution < 1.29 is 9.59 Å². The molecule has 1 fully saturated rings. The molecule has 0 aliphatic carbocycles. The van der Waals surface area contributed by atoms with E-state index in [2.05, 4.69) is 16.0 Å². The van der Waals surface area contributed by atoms with Crippen LogP contribution in [0.25, 0.3) is 0 Å². The van der Waals surface area contributed by atoms with Crippen LogP contribution in [-0.4, -0.2) is 24.4 Å². The molecule has 2 aromatic rings. The number of hydrogen-bond donors (Lipinski definition) is 3. The molecule has 1 saturated heterocycles. The summed E-state index contributed by atoms with van der Waals surface area (Å²) < 4.78 is 0. The van der Waals surface area contributed by atoms with Gasteiger partial charge in [-0.15, -0.1) is 23.7 Å². The Balaban J connectivity index is 0.00000192. The average Bonchev–Trinajstić information content (AvgIpc) is 3.23. The minimum absolute atomic E-state index is 0. The summed E-state index contributed by atoms with van der Waals surface area (Å²) in [6.07, 6.45) is 1.91. The Kier molecular flexibility index (Phi) is 6.15. The molecule has 2 amide bonds. The molecular formula is C16H18ClN3O2S. The van der Waals surface area contributed by atoms with Gasteiger partial charge in [-0.05, 0) is 55.1 Å². The molecule has 5 nitrogen and oxygen atoms in total. The molecule has 2 heterocycles. The van der Waals surface area contributed by atoms with Gasteiger partial charge in [0.15, 0.2) is 0 Å². The number of thiophene rings is 1. The van der Waals surface area contributed by atoms with Gasteiger partial charge in [-0.3, -0.25) is 9.59 Å². The van der Waals surface area contributed by atoms with E-state index >= 15 is 0 Å². The van der Waals surface area contributed by atoms with Crippen LogP contribution >= 0.6 is 23.7 Å². The maximum atomic E-state index is 12.0. The van der Waals surface area contributed by atoms with Gasteiger partial charge in [-0.2, -0.15) is 0 Å². The molecular weight excluding hydrogens is 334 g/mol. The summed E-state index contributed by atoms with van der Waals surface area (Å²) in [5, 5.41) is 10.7. The first-order valence-corrected chi connectivity index (χ1v) is 8.09. The van der Waals surface area contributed by atoms with Gasteiger partial charge in [-0.1, -0.05) is 6.07 Å². The van der Waals surface area contributed by atoms with Crippen molar-refractivity contribution in [3.63, 3.8) is 0 Å². The number of nitrogens with one attached hydrogen (secondary N) is 3. The second kappa shape index (κ2) is 8.10. The Labute approximate surface area is 144 Å². The Bertz CT molecular complexity index is 652. The van der Waals surface area contributed by atoms with Gasteiger partial charge in [0.2, 0.25) is 5.91 Å². The van der Waals surface area contributed by atoms with Crippen molar-refractivity contribution in [1.29, 1.82) is 0 Å². The molecule has 1 aliphatic heterocycles. The predicted molar refractivity (Wildman–Crippen MR) is 95.6 cm³/mol. The zero-order chi connectivity index (χ0) is 15.4. The van der Waals surface area contributed by atoms with Crippen LogP contribution in [0.3, 0.4) is 0 Å². The first-order valence-electron chi connectivity index (χ1n) is 7.21. The molecule has 1 atom stereocenters. The summed E-state index contributed by atoms with van der Waals surface area (Å²) in [6.45, 7) is 0.895. The van der Waals surface area contributed by atoms with Crippen LogP contribution in [0.2, 0.25) is 0 Å². The second-order valence-corrected chi connectivity index (χ2v) is 6.09. The molecule has 7 heteroatoms. The van der Waals surface area contributed by atoms with Crippen LogP contribution in [0.15, 0.2) is 41.8 Å². The lowest BCUT2D eigenvalue weighted by Crippen LogP contribution is -2.35. The van der Waals surface area contributed by atoms with Crippen molar-refractivity contribution in [3.05, 3.63) is 46.7 Å². The van der Waals surface area contributed by atoms with E-state index in [9.17, 15) is 9.59 Å². The summed E-state index contributed by atoms with van der Waals surface area (Å²) in [6, 6.07) is 10.7. The van der Waals surface area contributed by atoms with Gasteiger partial charge < -0.3 is 16.0 Å². The van der Waals surface area contributed by atoms with Gasteiger partial charge in [0, 0.05) is 11.4 Å². The van der Waals surface area contributed by atoms with E-state index in [4.69, 9.17) is 0 Å². The Morgan fingerprint density at radius 2 is 1.78 bits per heavy atom. The summed E-state index contributed by atoms with van der Waals surface area (Å²) >= 11 is 1.40. The van der Waals surface area contributed by atoms with Crippen LogP contribution in [0, 0.1) is 0 Å². The monoisotopic (exact) mass is 351 g/mol. The number of amides is 2. The molecule has 1 aromatic carbocycles. The van der Waals surface area contributed by atoms with Crippen LogP contribution in [0.4, 0.5) is 11.4 Å². The number of hydrogen-bond acceptors (Lipinski definition) is 4. The normalized spacial score (nSPS) is 16.4. The first kappa shape index (κ1) is 17.5.